The molecule has 1 aliphatic heterocycles. The fourth-order valence-electron chi connectivity index (χ4n) is 3.93. The standard InChI is InChI=1S/C27H22N2O4/c1-18-24(28-25(33-18)20-9-3-2-4-10-20)14-15-32-21-11-7-8-19(16-21)17-29-26(30)22-12-5-6-13-23(22)27(29)31/h2-13,16H,14-15,17H2,1H3. The van der Waals surface area contributed by atoms with Gasteiger partial charge in [0.1, 0.15) is 11.5 Å². The molecule has 4 aromatic rings. The molecule has 0 aliphatic carbocycles. The van der Waals surface area contributed by atoms with Crippen LogP contribution in [0.15, 0.2) is 83.3 Å². The number of hydrogen-bond acceptors (Lipinski definition) is 5. The number of aryl methyl sites for hydroxylation is 1. The first kappa shape index (κ1) is 20.7. The van der Waals surface area contributed by atoms with Crippen LogP contribution in [-0.2, 0) is 13.0 Å². The van der Waals surface area contributed by atoms with Crippen molar-refractivity contribution in [1.29, 1.82) is 0 Å². The van der Waals surface area contributed by atoms with E-state index in [0.717, 1.165) is 22.6 Å². The minimum absolute atomic E-state index is 0.201. The third kappa shape index (κ3) is 4.15. The molecule has 6 nitrogen and oxygen atoms in total. The summed E-state index contributed by atoms with van der Waals surface area (Å²) < 4.78 is 11.7. The second-order valence-electron chi connectivity index (χ2n) is 7.88. The van der Waals surface area contributed by atoms with Crippen molar-refractivity contribution in [2.45, 2.75) is 19.9 Å². The molecule has 0 fully saturated rings. The van der Waals surface area contributed by atoms with E-state index < -0.39 is 0 Å². The van der Waals surface area contributed by atoms with Crippen molar-refractivity contribution < 1.29 is 18.7 Å². The average Bonchev–Trinajstić information content (AvgIpc) is 3.33. The van der Waals surface area contributed by atoms with Crippen LogP contribution in [0.1, 0.15) is 37.7 Å². The molecule has 0 unspecified atom stereocenters. The summed E-state index contributed by atoms with van der Waals surface area (Å²) in [5.41, 5.74) is 3.52. The van der Waals surface area contributed by atoms with Gasteiger partial charge in [0.2, 0.25) is 5.89 Å². The van der Waals surface area contributed by atoms with Gasteiger partial charge in [-0.05, 0) is 48.9 Å². The van der Waals surface area contributed by atoms with Gasteiger partial charge in [-0.2, -0.15) is 0 Å². The molecule has 0 N–H and O–H groups in total. The predicted octanol–water partition coefficient (Wildman–Crippen LogP) is 5.07. The summed E-state index contributed by atoms with van der Waals surface area (Å²) in [4.78, 5) is 31.1. The molecule has 0 radical (unpaired) electrons. The van der Waals surface area contributed by atoms with E-state index in [0.29, 0.717) is 35.8 Å². The molecule has 5 rings (SSSR count). The van der Waals surface area contributed by atoms with Gasteiger partial charge >= 0.3 is 0 Å². The third-order valence-corrected chi connectivity index (χ3v) is 5.64. The summed E-state index contributed by atoms with van der Waals surface area (Å²) in [5.74, 6) is 1.52. The van der Waals surface area contributed by atoms with Crippen molar-refractivity contribution in [3.63, 3.8) is 0 Å². The highest BCUT2D eigenvalue weighted by Gasteiger charge is 2.34. The van der Waals surface area contributed by atoms with Gasteiger partial charge in [-0.15, -0.1) is 0 Å². The van der Waals surface area contributed by atoms with Crippen molar-refractivity contribution in [2.75, 3.05) is 6.61 Å². The zero-order valence-electron chi connectivity index (χ0n) is 18.2. The largest absolute Gasteiger partial charge is 0.493 e. The number of aromatic nitrogens is 1. The molecule has 0 saturated heterocycles. The van der Waals surface area contributed by atoms with Crippen molar-refractivity contribution in [3.8, 4) is 17.2 Å². The van der Waals surface area contributed by atoms with Gasteiger partial charge in [-0.3, -0.25) is 14.5 Å². The Balaban J connectivity index is 1.22. The molecule has 0 bridgehead atoms. The Morgan fingerprint density at radius 2 is 1.58 bits per heavy atom. The van der Waals surface area contributed by atoms with Crippen molar-refractivity contribution in [1.82, 2.24) is 9.88 Å². The molecule has 33 heavy (non-hydrogen) atoms. The van der Waals surface area contributed by atoms with Crippen molar-refractivity contribution >= 4 is 11.8 Å². The first-order valence-electron chi connectivity index (χ1n) is 10.8. The lowest BCUT2D eigenvalue weighted by Gasteiger charge is -2.14. The SMILES string of the molecule is Cc1oc(-c2ccccc2)nc1CCOc1cccc(CN2C(=O)c3ccccc3C2=O)c1. The lowest BCUT2D eigenvalue weighted by Crippen LogP contribution is -2.29. The maximum absolute atomic E-state index is 12.6. The van der Waals surface area contributed by atoms with Crippen LogP contribution in [0.3, 0.4) is 0 Å². The molecule has 2 heterocycles. The number of ether oxygens (including phenoxy) is 1. The van der Waals surface area contributed by atoms with Crippen LogP contribution in [0.5, 0.6) is 5.75 Å². The summed E-state index contributed by atoms with van der Waals surface area (Å²) in [5, 5.41) is 0. The smallest absolute Gasteiger partial charge is 0.261 e. The van der Waals surface area contributed by atoms with Gasteiger partial charge in [0.05, 0.1) is 30.0 Å². The lowest BCUT2D eigenvalue weighted by atomic mass is 10.1. The zero-order chi connectivity index (χ0) is 22.8. The van der Waals surface area contributed by atoms with Crippen LogP contribution in [0.25, 0.3) is 11.5 Å². The van der Waals surface area contributed by atoms with Crippen LogP contribution in [0.4, 0.5) is 0 Å². The van der Waals surface area contributed by atoms with E-state index >= 15 is 0 Å². The van der Waals surface area contributed by atoms with E-state index in [1.807, 2.05) is 61.5 Å². The fraction of sp³-hybridized carbons (Fsp3) is 0.148. The van der Waals surface area contributed by atoms with E-state index in [2.05, 4.69) is 4.98 Å². The van der Waals surface area contributed by atoms with Gasteiger partial charge < -0.3 is 9.15 Å². The Bertz CT molecular complexity index is 1290. The summed E-state index contributed by atoms with van der Waals surface area (Å²) in [7, 11) is 0. The second kappa shape index (κ2) is 8.74. The van der Waals surface area contributed by atoms with Gasteiger partial charge in [-0.1, -0.05) is 42.5 Å². The van der Waals surface area contributed by atoms with Crippen molar-refractivity contribution in [2.24, 2.45) is 0 Å². The molecular weight excluding hydrogens is 416 g/mol. The monoisotopic (exact) mass is 438 g/mol. The number of fused-ring (bicyclic) bond motifs is 1. The van der Waals surface area contributed by atoms with Crippen LogP contribution >= 0.6 is 0 Å². The highest BCUT2D eigenvalue weighted by atomic mass is 16.5. The molecule has 1 aromatic heterocycles. The maximum Gasteiger partial charge on any atom is 0.261 e. The molecule has 3 aromatic carbocycles. The molecule has 0 atom stereocenters. The minimum atomic E-state index is -0.266. The number of nitrogens with zero attached hydrogens (tertiary/aromatic N) is 2. The first-order chi connectivity index (χ1) is 16.1. The van der Waals surface area contributed by atoms with Crippen LogP contribution in [-0.4, -0.2) is 28.3 Å². The summed E-state index contributed by atoms with van der Waals surface area (Å²) in [6, 6.07) is 24.1. The Morgan fingerprint density at radius 1 is 0.879 bits per heavy atom. The Labute approximate surface area is 191 Å². The summed E-state index contributed by atoms with van der Waals surface area (Å²) >= 11 is 0. The number of imide groups is 1. The normalized spacial score (nSPS) is 12.8. The number of carbonyl (C=O) groups is 2. The highest BCUT2D eigenvalue weighted by Crippen LogP contribution is 2.26. The third-order valence-electron chi connectivity index (χ3n) is 5.64. The topological polar surface area (TPSA) is 72.6 Å². The lowest BCUT2D eigenvalue weighted by molar-refractivity contribution is 0.0642. The summed E-state index contributed by atoms with van der Waals surface area (Å²) in [6.07, 6.45) is 0.602. The van der Waals surface area contributed by atoms with Gasteiger partial charge in [0, 0.05) is 12.0 Å². The molecule has 6 heteroatoms. The van der Waals surface area contributed by atoms with E-state index in [1.165, 1.54) is 4.90 Å². The van der Waals surface area contributed by atoms with E-state index in [9.17, 15) is 9.59 Å². The minimum Gasteiger partial charge on any atom is -0.493 e. The van der Waals surface area contributed by atoms with Crippen LogP contribution in [0, 0.1) is 6.92 Å². The van der Waals surface area contributed by atoms with Crippen LogP contribution < -0.4 is 4.74 Å². The molecule has 0 saturated carbocycles. The number of rotatable bonds is 7. The number of hydrogen-bond donors (Lipinski definition) is 0. The quantitative estimate of drug-likeness (QED) is 0.377. The number of benzene rings is 3. The molecule has 164 valence electrons. The summed E-state index contributed by atoms with van der Waals surface area (Å²) in [6.45, 7) is 2.53. The molecule has 2 amide bonds. The molecule has 0 spiro atoms. The van der Waals surface area contributed by atoms with Crippen LogP contribution in [0.2, 0.25) is 0 Å². The molecule has 1 aliphatic rings. The highest BCUT2D eigenvalue weighted by molar-refractivity contribution is 6.21. The first-order valence-corrected chi connectivity index (χ1v) is 10.8. The fourth-order valence-corrected chi connectivity index (χ4v) is 3.93. The predicted molar refractivity (Wildman–Crippen MR) is 123 cm³/mol. The van der Waals surface area contributed by atoms with Gasteiger partial charge in [0.15, 0.2) is 0 Å². The molecular formula is C27H22N2O4. The number of oxazole rings is 1. The van der Waals surface area contributed by atoms with E-state index in [1.54, 1.807) is 24.3 Å². The number of amides is 2. The van der Waals surface area contributed by atoms with Crippen molar-refractivity contribution in [3.05, 3.63) is 107 Å². The second-order valence-corrected chi connectivity index (χ2v) is 7.88. The van der Waals surface area contributed by atoms with Gasteiger partial charge in [0.25, 0.3) is 11.8 Å². The average molecular weight is 438 g/mol. The van der Waals surface area contributed by atoms with Gasteiger partial charge in [-0.25, -0.2) is 4.98 Å². The zero-order valence-corrected chi connectivity index (χ0v) is 18.2. The number of carbonyl (C=O) groups excluding carboxylic acids is 2. The maximum atomic E-state index is 12.6. The Hall–Kier alpha value is -4.19. The van der Waals surface area contributed by atoms with E-state index in [4.69, 9.17) is 9.15 Å². The Morgan fingerprint density at radius 3 is 2.30 bits per heavy atom. The van der Waals surface area contributed by atoms with E-state index in [-0.39, 0.29) is 18.4 Å². The Kier molecular flexibility index (Phi) is 5.48.